The number of aromatic amines is 1. The van der Waals surface area contributed by atoms with E-state index in [0.717, 1.165) is 30.9 Å². The van der Waals surface area contributed by atoms with Crippen molar-refractivity contribution in [3.05, 3.63) is 50.6 Å². The molecule has 0 aliphatic heterocycles. The Hall–Kier alpha value is -1.37. The number of hydrogen-bond acceptors (Lipinski definition) is 3. The van der Waals surface area contributed by atoms with E-state index >= 15 is 0 Å². The minimum Gasteiger partial charge on any atom is -0.325 e. The van der Waals surface area contributed by atoms with E-state index in [-0.39, 0.29) is 5.56 Å². The summed E-state index contributed by atoms with van der Waals surface area (Å²) in [6.07, 6.45) is 3.62. The molecule has 1 N–H and O–H groups in total. The normalized spacial score (nSPS) is 10.4. The highest BCUT2D eigenvalue weighted by Gasteiger charge is 2.15. The second-order valence-corrected chi connectivity index (χ2v) is 5.29. The number of nitrogens with one attached hydrogen (secondary N) is 1. The number of para-hydroxylation sites is 1. The number of halogens is 1. The van der Waals surface area contributed by atoms with Gasteiger partial charge in [0.1, 0.15) is 3.57 Å². The van der Waals surface area contributed by atoms with E-state index in [2.05, 4.69) is 44.4 Å². The standard InChI is InChI=1S/C14H16IN3O/c1-2-3-9-18(11-7-5-4-6-8-11)13-12(15)14(19)17-10-16-13/h4-8,10H,2-3,9H2,1H3,(H,16,17,19). The molecule has 0 amide bonds. The van der Waals surface area contributed by atoms with Crippen molar-refractivity contribution in [3.8, 4) is 0 Å². The molecule has 1 heterocycles. The quantitative estimate of drug-likeness (QED) is 0.823. The maximum Gasteiger partial charge on any atom is 0.266 e. The van der Waals surface area contributed by atoms with Gasteiger partial charge in [0.15, 0.2) is 5.82 Å². The van der Waals surface area contributed by atoms with Crippen LogP contribution >= 0.6 is 22.6 Å². The first-order chi connectivity index (χ1) is 9.24. The van der Waals surface area contributed by atoms with Crippen LogP contribution in [-0.4, -0.2) is 16.5 Å². The van der Waals surface area contributed by atoms with Crippen molar-refractivity contribution >= 4 is 34.1 Å². The van der Waals surface area contributed by atoms with Crippen molar-refractivity contribution in [1.82, 2.24) is 9.97 Å². The lowest BCUT2D eigenvalue weighted by Gasteiger charge is -2.24. The molecule has 100 valence electrons. The number of H-pyrrole nitrogens is 1. The zero-order valence-corrected chi connectivity index (χ0v) is 12.9. The number of anilines is 2. The summed E-state index contributed by atoms with van der Waals surface area (Å²) in [6.45, 7) is 3.01. The summed E-state index contributed by atoms with van der Waals surface area (Å²) in [7, 11) is 0. The molecule has 0 aliphatic rings. The predicted octanol–water partition coefficient (Wildman–Crippen LogP) is 3.31. The van der Waals surface area contributed by atoms with Gasteiger partial charge >= 0.3 is 0 Å². The Morgan fingerprint density at radius 1 is 1.32 bits per heavy atom. The van der Waals surface area contributed by atoms with Gasteiger partial charge in [-0.15, -0.1) is 0 Å². The summed E-state index contributed by atoms with van der Waals surface area (Å²) >= 11 is 2.05. The van der Waals surface area contributed by atoms with Crippen LogP contribution in [0, 0.1) is 3.57 Å². The average Bonchev–Trinajstić information content (AvgIpc) is 2.45. The molecular weight excluding hydrogens is 353 g/mol. The molecule has 0 atom stereocenters. The van der Waals surface area contributed by atoms with Crippen LogP contribution in [0.15, 0.2) is 41.5 Å². The minimum atomic E-state index is -0.0944. The van der Waals surface area contributed by atoms with Gasteiger partial charge in [0.25, 0.3) is 5.56 Å². The van der Waals surface area contributed by atoms with E-state index in [4.69, 9.17) is 0 Å². The number of rotatable bonds is 5. The molecule has 0 aliphatic carbocycles. The van der Waals surface area contributed by atoms with Gasteiger partial charge in [-0.3, -0.25) is 4.79 Å². The van der Waals surface area contributed by atoms with E-state index in [0.29, 0.717) is 3.57 Å². The summed E-state index contributed by atoms with van der Waals surface area (Å²) in [5, 5.41) is 0. The molecule has 0 bridgehead atoms. The number of unbranched alkanes of at least 4 members (excludes halogenated alkanes) is 1. The molecule has 0 spiro atoms. The van der Waals surface area contributed by atoms with E-state index in [9.17, 15) is 4.79 Å². The lowest BCUT2D eigenvalue weighted by atomic mass is 10.2. The number of nitrogens with zero attached hydrogens (tertiary/aromatic N) is 2. The largest absolute Gasteiger partial charge is 0.325 e. The summed E-state index contributed by atoms with van der Waals surface area (Å²) in [4.78, 5) is 20.8. The molecule has 2 aromatic rings. The molecule has 4 nitrogen and oxygen atoms in total. The topological polar surface area (TPSA) is 49.0 Å². The van der Waals surface area contributed by atoms with Gasteiger partial charge in [0.2, 0.25) is 0 Å². The third kappa shape index (κ3) is 3.34. The molecule has 0 unspecified atom stereocenters. The zero-order chi connectivity index (χ0) is 13.7. The highest BCUT2D eigenvalue weighted by molar-refractivity contribution is 14.1. The lowest BCUT2D eigenvalue weighted by Crippen LogP contribution is -2.24. The fourth-order valence-corrected chi connectivity index (χ4v) is 2.43. The minimum absolute atomic E-state index is 0.0944. The Labute approximate surface area is 126 Å². The van der Waals surface area contributed by atoms with Crippen molar-refractivity contribution in [2.45, 2.75) is 19.8 Å². The van der Waals surface area contributed by atoms with Crippen molar-refractivity contribution in [2.24, 2.45) is 0 Å². The summed E-state index contributed by atoms with van der Waals surface area (Å²) in [5.41, 5.74) is 0.968. The molecule has 0 saturated heterocycles. The van der Waals surface area contributed by atoms with Crippen LogP contribution in [0.1, 0.15) is 19.8 Å². The third-order valence-corrected chi connectivity index (χ3v) is 3.81. The van der Waals surface area contributed by atoms with Gasteiger partial charge < -0.3 is 9.88 Å². The van der Waals surface area contributed by atoms with Crippen LogP contribution in [0.3, 0.4) is 0 Å². The molecule has 1 aromatic heterocycles. The predicted molar refractivity (Wildman–Crippen MR) is 85.9 cm³/mol. The van der Waals surface area contributed by atoms with Crippen LogP contribution < -0.4 is 10.5 Å². The smallest absolute Gasteiger partial charge is 0.266 e. The molecule has 5 heteroatoms. The Morgan fingerprint density at radius 3 is 2.74 bits per heavy atom. The van der Waals surface area contributed by atoms with E-state index in [1.165, 1.54) is 6.33 Å². The fraction of sp³-hybridized carbons (Fsp3) is 0.286. The number of aromatic nitrogens is 2. The first kappa shape index (κ1) is 14.0. The molecule has 0 saturated carbocycles. The van der Waals surface area contributed by atoms with Gasteiger partial charge in [0, 0.05) is 12.2 Å². The van der Waals surface area contributed by atoms with Crippen molar-refractivity contribution in [1.29, 1.82) is 0 Å². The molecule has 0 fully saturated rings. The van der Waals surface area contributed by atoms with Crippen molar-refractivity contribution in [3.63, 3.8) is 0 Å². The molecule has 1 aromatic carbocycles. The van der Waals surface area contributed by atoms with Crippen molar-refractivity contribution in [2.75, 3.05) is 11.4 Å². The van der Waals surface area contributed by atoms with Gasteiger partial charge in [-0.2, -0.15) is 0 Å². The number of benzene rings is 1. The second-order valence-electron chi connectivity index (χ2n) is 4.21. The average molecular weight is 369 g/mol. The maximum atomic E-state index is 11.7. The molecule has 0 radical (unpaired) electrons. The maximum absolute atomic E-state index is 11.7. The first-order valence-corrected chi connectivity index (χ1v) is 7.37. The van der Waals surface area contributed by atoms with E-state index < -0.39 is 0 Å². The summed E-state index contributed by atoms with van der Waals surface area (Å²) in [6, 6.07) is 10.0. The highest BCUT2D eigenvalue weighted by atomic mass is 127. The SMILES string of the molecule is CCCCN(c1ccccc1)c1nc[nH]c(=O)c1I. The van der Waals surface area contributed by atoms with Gasteiger partial charge in [-0.25, -0.2) is 4.98 Å². The van der Waals surface area contributed by atoms with Crippen molar-refractivity contribution < 1.29 is 0 Å². The third-order valence-electron chi connectivity index (χ3n) is 2.84. The molecular formula is C14H16IN3O. The van der Waals surface area contributed by atoms with Crippen LogP contribution in [0.4, 0.5) is 11.5 Å². The van der Waals surface area contributed by atoms with Crippen LogP contribution in [0.2, 0.25) is 0 Å². The Morgan fingerprint density at radius 2 is 2.05 bits per heavy atom. The van der Waals surface area contributed by atoms with Gasteiger partial charge in [-0.1, -0.05) is 31.5 Å². The van der Waals surface area contributed by atoms with Gasteiger partial charge in [0.05, 0.1) is 6.33 Å². The molecule has 2 rings (SSSR count). The van der Waals surface area contributed by atoms with Crippen LogP contribution in [0.25, 0.3) is 0 Å². The Kier molecular flexibility index (Phi) is 4.95. The van der Waals surface area contributed by atoms with Gasteiger partial charge in [-0.05, 0) is 41.1 Å². The summed E-state index contributed by atoms with van der Waals surface area (Å²) < 4.78 is 0.625. The van der Waals surface area contributed by atoms with Crippen LogP contribution in [-0.2, 0) is 0 Å². The monoisotopic (exact) mass is 369 g/mol. The lowest BCUT2D eigenvalue weighted by molar-refractivity contribution is 0.776. The Bertz CT molecular complexity index is 583. The fourth-order valence-electron chi connectivity index (χ4n) is 1.84. The summed E-state index contributed by atoms with van der Waals surface area (Å²) in [5.74, 6) is 0.726. The molecule has 19 heavy (non-hydrogen) atoms. The second kappa shape index (κ2) is 6.70. The highest BCUT2D eigenvalue weighted by Crippen LogP contribution is 2.25. The zero-order valence-electron chi connectivity index (χ0n) is 10.8. The van der Waals surface area contributed by atoms with E-state index in [1.54, 1.807) is 0 Å². The number of hydrogen-bond donors (Lipinski definition) is 1. The van der Waals surface area contributed by atoms with E-state index in [1.807, 2.05) is 30.3 Å². The van der Waals surface area contributed by atoms with Crippen LogP contribution in [0.5, 0.6) is 0 Å². The Balaban J connectivity index is 2.43. The first-order valence-electron chi connectivity index (χ1n) is 6.29.